The van der Waals surface area contributed by atoms with Crippen LogP contribution in [0.3, 0.4) is 0 Å². The number of hydrogen-bond donors (Lipinski definition) is 1. The maximum atomic E-state index is 5.96. The van der Waals surface area contributed by atoms with Crippen molar-refractivity contribution in [2.24, 2.45) is 5.73 Å². The number of rotatable bonds is 6. The zero-order valence-corrected chi connectivity index (χ0v) is 11.4. The molecule has 0 fully saturated rings. The summed E-state index contributed by atoms with van der Waals surface area (Å²) in [5.74, 6) is 1.14. The quantitative estimate of drug-likeness (QED) is 0.760. The molecular formula is C14H23NS. The van der Waals surface area contributed by atoms with E-state index in [2.05, 4.69) is 45.0 Å². The molecule has 0 spiro atoms. The summed E-state index contributed by atoms with van der Waals surface area (Å²) in [6, 6.07) is 8.91. The standard InChI is InChI=1S/C14H23NS/c1-4-16-13-9-7-12(8-10-13)6-5-11-14(2,3)15/h7-10H,4-6,11,15H2,1-3H3. The smallest absolute Gasteiger partial charge is 0.00971 e. The second kappa shape index (κ2) is 6.31. The Bertz CT molecular complexity index is 298. The van der Waals surface area contributed by atoms with E-state index in [1.54, 1.807) is 0 Å². The molecule has 0 aliphatic carbocycles. The van der Waals surface area contributed by atoms with Crippen molar-refractivity contribution in [1.82, 2.24) is 0 Å². The van der Waals surface area contributed by atoms with E-state index < -0.39 is 0 Å². The monoisotopic (exact) mass is 237 g/mol. The third-order valence-corrected chi connectivity index (χ3v) is 3.42. The average molecular weight is 237 g/mol. The fourth-order valence-corrected chi connectivity index (χ4v) is 2.33. The Hall–Kier alpha value is -0.470. The number of nitrogens with two attached hydrogens (primary N) is 1. The van der Waals surface area contributed by atoms with Gasteiger partial charge in [0.2, 0.25) is 0 Å². The molecule has 16 heavy (non-hydrogen) atoms. The summed E-state index contributed by atoms with van der Waals surface area (Å²) in [5.41, 5.74) is 7.35. The van der Waals surface area contributed by atoms with Crippen LogP contribution in [0.1, 0.15) is 39.2 Å². The topological polar surface area (TPSA) is 26.0 Å². The van der Waals surface area contributed by atoms with Gasteiger partial charge >= 0.3 is 0 Å². The zero-order chi connectivity index (χ0) is 12.0. The molecule has 1 rings (SSSR count). The number of aryl methyl sites for hydroxylation is 1. The van der Waals surface area contributed by atoms with Gasteiger partial charge in [0.25, 0.3) is 0 Å². The zero-order valence-electron chi connectivity index (χ0n) is 10.6. The lowest BCUT2D eigenvalue weighted by atomic mass is 9.97. The van der Waals surface area contributed by atoms with E-state index in [0.29, 0.717) is 0 Å². The Morgan fingerprint density at radius 3 is 2.31 bits per heavy atom. The molecule has 0 heterocycles. The van der Waals surface area contributed by atoms with Crippen LogP contribution in [0, 0.1) is 0 Å². The van der Waals surface area contributed by atoms with Crippen molar-refractivity contribution < 1.29 is 0 Å². The highest BCUT2D eigenvalue weighted by Crippen LogP contribution is 2.19. The second-order valence-electron chi connectivity index (χ2n) is 4.92. The highest BCUT2D eigenvalue weighted by Gasteiger charge is 2.09. The molecule has 0 bridgehead atoms. The van der Waals surface area contributed by atoms with Crippen molar-refractivity contribution in [2.45, 2.75) is 50.5 Å². The summed E-state index contributed by atoms with van der Waals surface area (Å²) >= 11 is 1.89. The van der Waals surface area contributed by atoms with E-state index in [4.69, 9.17) is 5.73 Å². The minimum atomic E-state index is -0.0298. The predicted molar refractivity (Wildman–Crippen MR) is 74.0 cm³/mol. The normalized spacial score (nSPS) is 11.8. The van der Waals surface area contributed by atoms with Gasteiger partial charge in [0.15, 0.2) is 0 Å². The summed E-state index contributed by atoms with van der Waals surface area (Å²) in [4.78, 5) is 1.37. The summed E-state index contributed by atoms with van der Waals surface area (Å²) in [6.45, 7) is 6.36. The average Bonchev–Trinajstić information content (AvgIpc) is 2.19. The maximum Gasteiger partial charge on any atom is 0.00971 e. The van der Waals surface area contributed by atoms with Gasteiger partial charge in [-0.3, -0.25) is 0 Å². The number of thioether (sulfide) groups is 1. The fourth-order valence-electron chi connectivity index (χ4n) is 1.67. The lowest BCUT2D eigenvalue weighted by Gasteiger charge is -2.17. The molecule has 0 aromatic heterocycles. The third kappa shape index (κ3) is 5.57. The predicted octanol–water partition coefficient (Wildman–Crippen LogP) is 3.86. The number of hydrogen-bond acceptors (Lipinski definition) is 2. The SMILES string of the molecule is CCSc1ccc(CCCC(C)(C)N)cc1. The van der Waals surface area contributed by atoms with E-state index in [1.807, 2.05) is 11.8 Å². The van der Waals surface area contributed by atoms with Crippen molar-refractivity contribution in [3.05, 3.63) is 29.8 Å². The lowest BCUT2D eigenvalue weighted by molar-refractivity contribution is 0.459. The van der Waals surface area contributed by atoms with Crippen LogP contribution < -0.4 is 5.73 Å². The van der Waals surface area contributed by atoms with Crippen LogP contribution in [0.5, 0.6) is 0 Å². The van der Waals surface area contributed by atoms with Gasteiger partial charge in [-0.2, -0.15) is 0 Å². The van der Waals surface area contributed by atoms with E-state index in [9.17, 15) is 0 Å². The van der Waals surface area contributed by atoms with Gasteiger partial charge in [0.1, 0.15) is 0 Å². The van der Waals surface area contributed by atoms with Crippen LogP contribution in [-0.2, 0) is 6.42 Å². The van der Waals surface area contributed by atoms with Gasteiger partial charge in [0.05, 0.1) is 0 Å². The molecule has 1 aromatic rings. The largest absolute Gasteiger partial charge is 0.326 e. The molecule has 0 saturated heterocycles. The minimum Gasteiger partial charge on any atom is -0.326 e. The fraction of sp³-hybridized carbons (Fsp3) is 0.571. The molecule has 0 radical (unpaired) electrons. The Balaban J connectivity index is 2.37. The van der Waals surface area contributed by atoms with Crippen molar-refractivity contribution in [1.29, 1.82) is 0 Å². The van der Waals surface area contributed by atoms with Gasteiger partial charge in [-0.05, 0) is 56.6 Å². The first kappa shape index (κ1) is 13.6. The Morgan fingerprint density at radius 1 is 1.19 bits per heavy atom. The lowest BCUT2D eigenvalue weighted by Crippen LogP contribution is -2.31. The molecule has 90 valence electrons. The van der Waals surface area contributed by atoms with E-state index in [1.165, 1.54) is 16.9 Å². The van der Waals surface area contributed by atoms with E-state index >= 15 is 0 Å². The van der Waals surface area contributed by atoms with Crippen LogP contribution in [0.15, 0.2) is 29.2 Å². The Kier molecular flexibility index (Phi) is 5.36. The van der Waals surface area contributed by atoms with Gasteiger partial charge < -0.3 is 5.73 Å². The molecule has 0 unspecified atom stereocenters. The van der Waals surface area contributed by atoms with Crippen molar-refractivity contribution >= 4 is 11.8 Å². The van der Waals surface area contributed by atoms with E-state index in [0.717, 1.165) is 18.6 Å². The molecule has 2 N–H and O–H groups in total. The molecule has 0 saturated carbocycles. The Morgan fingerprint density at radius 2 is 1.81 bits per heavy atom. The summed E-state index contributed by atoms with van der Waals surface area (Å²) in [6.07, 6.45) is 3.39. The molecule has 0 atom stereocenters. The first-order valence-electron chi connectivity index (χ1n) is 6.02. The van der Waals surface area contributed by atoms with Crippen molar-refractivity contribution in [3.8, 4) is 0 Å². The van der Waals surface area contributed by atoms with Gasteiger partial charge in [-0.15, -0.1) is 11.8 Å². The maximum absolute atomic E-state index is 5.96. The first-order valence-corrected chi connectivity index (χ1v) is 7.00. The summed E-state index contributed by atoms with van der Waals surface area (Å²) in [7, 11) is 0. The molecule has 0 amide bonds. The van der Waals surface area contributed by atoms with Gasteiger partial charge in [-0.25, -0.2) is 0 Å². The van der Waals surface area contributed by atoms with Crippen LogP contribution in [0.2, 0.25) is 0 Å². The van der Waals surface area contributed by atoms with Crippen LogP contribution in [-0.4, -0.2) is 11.3 Å². The highest BCUT2D eigenvalue weighted by molar-refractivity contribution is 7.99. The molecule has 1 nitrogen and oxygen atoms in total. The van der Waals surface area contributed by atoms with Crippen LogP contribution in [0.25, 0.3) is 0 Å². The minimum absolute atomic E-state index is 0.0298. The summed E-state index contributed by atoms with van der Waals surface area (Å²) < 4.78 is 0. The highest BCUT2D eigenvalue weighted by atomic mass is 32.2. The molecular weight excluding hydrogens is 214 g/mol. The van der Waals surface area contributed by atoms with Gasteiger partial charge in [0, 0.05) is 10.4 Å². The molecule has 1 aromatic carbocycles. The number of benzene rings is 1. The van der Waals surface area contributed by atoms with Crippen molar-refractivity contribution in [3.63, 3.8) is 0 Å². The molecule has 2 heteroatoms. The van der Waals surface area contributed by atoms with Crippen LogP contribution in [0.4, 0.5) is 0 Å². The van der Waals surface area contributed by atoms with Crippen LogP contribution >= 0.6 is 11.8 Å². The van der Waals surface area contributed by atoms with Gasteiger partial charge in [-0.1, -0.05) is 19.1 Å². The Labute approximate surface area is 104 Å². The first-order chi connectivity index (χ1) is 7.51. The van der Waals surface area contributed by atoms with Crippen molar-refractivity contribution in [2.75, 3.05) is 5.75 Å². The second-order valence-corrected chi connectivity index (χ2v) is 6.26. The third-order valence-electron chi connectivity index (χ3n) is 2.52. The summed E-state index contributed by atoms with van der Waals surface area (Å²) in [5, 5.41) is 0. The van der Waals surface area contributed by atoms with E-state index in [-0.39, 0.29) is 5.54 Å². The molecule has 0 aliphatic heterocycles. The molecule has 0 aliphatic rings.